The van der Waals surface area contributed by atoms with Crippen molar-refractivity contribution in [2.75, 3.05) is 18.1 Å². The summed E-state index contributed by atoms with van der Waals surface area (Å²) >= 11 is 0. The number of carbonyl (C=O) groups excluding carboxylic acids is 1. The highest BCUT2D eigenvalue weighted by Gasteiger charge is 2.28. The standard InChI is InChI=1S/C16H24N2O3S/c1-13(2)18(11-14-6-4-3-5-7-14)16(19)10-17-15-8-9-22(20,21)12-15/h3-7,13,15,17H,8-12H2,1-2H3. The molecule has 1 amide bonds. The number of amides is 1. The molecular formula is C16H24N2O3S. The van der Waals surface area contributed by atoms with Crippen molar-refractivity contribution in [2.45, 2.75) is 38.9 Å². The summed E-state index contributed by atoms with van der Waals surface area (Å²) < 4.78 is 22.9. The van der Waals surface area contributed by atoms with Gasteiger partial charge < -0.3 is 10.2 Å². The molecule has 1 atom stereocenters. The summed E-state index contributed by atoms with van der Waals surface area (Å²) in [6.07, 6.45) is 0.593. The van der Waals surface area contributed by atoms with Gasteiger partial charge in [-0.1, -0.05) is 30.3 Å². The molecule has 22 heavy (non-hydrogen) atoms. The number of hydrogen-bond acceptors (Lipinski definition) is 4. The molecule has 6 heteroatoms. The van der Waals surface area contributed by atoms with E-state index in [1.165, 1.54) is 0 Å². The Labute approximate surface area is 132 Å². The predicted octanol–water partition coefficient (Wildman–Crippen LogP) is 1.20. The lowest BCUT2D eigenvalue weighted by Crippen LogP contribution is -2.44. The van der Waals surface area contributed by atoms with Crippen molar-refractivity contribution in [3.63, 3.8) is 0 Å². The van der Waals surface area contributed by atoms with E-state index in [2.05, 4.69) is 5.32 Å². The molecule has 122 valence electrons. The molecule has 0 aliphatic carbocycles. The average Bonchev–Trinajstić information content (AvgIpc) is 2.82. The molecule has 1 aromatic carbocycles. The zero-order valence-corrected chi connectivity index (χ0v) is 14.0. The number of nitrogens with zero attached hydrogens (tertiary/aromatic N) is 1. The fourth-order valence-electron chi connectivity index (χ4n) is 2.63. The third kappa shape index (κ3) is 4.81. The Morgan fingerprint density at radius 1 is 1.32 bits per heavy atom. The Bertz CT molecular complexity index is 599. The Morgan fingerprint density at radius 3 is 2.55 bits per heavy atom. The van der Waals surface area contributed by atoms with Crippen LogP contribution in [0.2, 0.25) is 0 Å². The van der Waals surface area contributed by atoms with Crippen molar-refractivity contribution in [2.24, 2.45) is 0 Å². The van der Waals surface area contributed by atoms with Gasteiger partial charge in [0, 0.05) is 18.6 Å². The molecule has 0 radical (unpaired) electrons. The largest absolute Gasteiger partial charge is 0.335 e. The maximum Gasteiger partial charge on any atom is 0.237 e. The Kier molecular flexibility index (Phi) is 5.58. The summed E-state index contributed by atoms with van der Waals surface area (Å²) in [5.41, 5.74) is 1.09. The van der Waals surface area contributed by atoms with Crippen molar-refractivity contribution in [3.8, 4) is 0 Å². The minimum absolute atomic E-state index is 0.00292. The zero-order chi connectivity index (χ0) is 16.2. The van der Waals surface area contributed by atoms with E-state index >= 15 is 0 Å². The zero-order valence-electron chi connectivity index (χ0n) is 13.2. The van der Waals surface area contributed by atoms with E-state index in [1.807, 2.05) is 49.1 Å². The molecule has 2 rings (SSSR count). The van der Waals surface area contributed by atoms with Crippen LogP contribution in [0.1, 0.15) is 25.8 Å². The van der Waals surface area contributed by atoms with Crippen LogP contribution in [-0.4, -0.2) is 49.4 Å². The number of benzene rings is 1. The van der Waals surface area contributed by atoms with Crippen molar-refractivity contribution in [1.29, 1.82) is 0 Å². The topological polar surface area (TPSA) is 66.5 Å². The smallest absolute Gasteiger partial charge is 0.237 e. The van der Waals surface area contributed by atoms with E-state index in [4.69, 9.17) is 0 Å². The third-order valence-corrected chi connectivity index (χ3v) is 5.68. The van der Waals surface area contributed by atoms with Crippen molar-refractivity contribution in [3.05, 3.63) is 35.9 Å². The summed E-state index contributed by atoms with van der Waals surface area (Å²) in [6.45, 7) is 4.73. The second-order valence-corrected chi connectivity index (χ2v) is 8.31. The molecule has 0 saturated carbocycles. The molecule has 5 nitrogen and oxygen atoms in total. The highest BCUT2D eigenvalue weighted by Crippen LogP contribution is 2.12. The molecule has 1 aromatic rings. The van der Waals surface area contributed by atoms with Gasteiger partial charge in [0.2, 0.25) is 5.91 Å². The maximum atomic E-state index is 12.4. The van der Waals surface area contributed by atoms with Gasteiger partial charge in [-0.05, 0) is 25.8 Å². The van der Waals surface area contributed by atoms with Gasteiger partial charge in [-0.2, -0.15) is 0 Å². The minimum Gasteiger partial charge on any atom is -0.335 e. The Hall–Kier alpha value is -1.40. The molecule has 1 aliphatic rings. The Balaban J connectivity index is 1.90. The van der Waals surface area contributed by atoms with Crippen molar-refractivity contribution >= 4 is 15.7 Å². The molecule has 1 N–H and O–H groups in total. The van der Waals surface area contributed by atoms with Gasteiger partial charge in [0.25, 0.3) is 0 Å². The number of nitrogens with one attached hydrogen (secondary N) is 1. The molecule has 1 heterocycles. The van der Waals surface area contributed by atoms with E-state index in [0.717, 1.165) is 5.56 Å². The second kappa shape index (κ2) is 7.24. The number of hydrogen-bond donors (Lipinski definition) is 1. The van der Waals surface area contributed by atoms with E-state index < -0.39 is 9.84 Å². The molecule has 1 unspecified atom stereocenters. The van der Waals surface area contributed by atoms with Gasteiger partial charge >= 0.3 is 0 Å². The summed E-state index contributed by atoms with van der Waals surface area (Å²) in [7, 11) is -2.92. The molecule has 1 saturated heterocycles. The highest BCUT2D eigenvalue weighted by molar-refractivity contribution is 7.91. The normalized spacial score (nSPS) is 20.2. The lowest BCUT2D eigenvalue weighted by atomic mass is 10.2. The number of sulfone groups is 1. The summed E-state index contributed by atoms with van der Waals surface area (Å²) in [5, 5.41) is 3.09. The van der Waals surface area contributed by atoms with Crippen LogP contribution in [0.15, 0.2) is 30.3 Å². The van der Waals surface area contributed by atoms with Crippen LogP contribution in [0.4, 0.5) is 0 Å². The predicted molar refractivity (Wildman–Crippen MR) is 87.2 cm³/mol. The van der Waals surface area contributed by atoms with Crippen LogP contribution in [0.25, 0.3) is 0 Å². The minimum atomic E-state index is -2.92. The molecular weight excluding hydrogens is 300 g/mol. The average molecular weight is 324 g/mol. The van der Waals surface area contributed by atoms with Gasteiger partial charge in [-0.25, -0.2) is 8.42 Å². The van der Waals surface area contributed by atoms with E-state index in [-0.39, 0.29) is 36.0 Å². The molecule has 1 aliphatic heterocycles. The Morgan fingerprint density at radius 2 is 2.00 bits per heavy atom. The van der Waals surface area contributed by atoms with Gasteiger partial charge in [0.05, 0.1) is 18.1 Å². The van der Waals surface area contributed by atoms with Gasteiger partial charge in [0.1, 0.15) is 0 Å². The highest BCUT2D eigenvalue weighted by atomic mass is 32.2. The first-order valence-electron chi connectivity index (χ1n) is 7.64. The van der Waals surface area contributed by atoms with Crippen molar-refractivity contribution in [1.82, 2.24) is 10.2 Å². The van der Waals surface area contributed by atoms with Crippen LogP contribution in [0, 0.1) is 0 Å². The third-order valence-electron chi connectivity index (χ3n) is 3.91. The van der Waals surface area contributed by atoms with Gasteiger partial charge in [0.15, 0.2) is 9.84 Å². The fraction of sp³-hybridized carbons (Fsp3) is 0.562. The first-order valence-corrected chi connectivity index (χ1v) is 9.47. The van der Waals surface area contributed by atoms with Crippen LogP contribution >= 0.6 is 0 Å². The van der Waals surface area contributed by atoms with Crippen molar-refractivity contribution < 1.29 is 13.2 Å². The van der Waals surface area contributed by atoms with Crippen LogP contribution < -0.4 is 5.32 Å². The SMILES string of the molecule is CC(C)N(Cc1ccccc1)C(=O)CNC1CCS(=O)(=O)C1. The molecule has 0 bridgehead atoms. The van der Waals surface area contributed by atoms with Gasteiger partial charge in [-0.3, -0.25) is 4.79 Å². The molecule has 0 aromatic heterocycles. The van der Waals surface area contributed by atoms with Crippen LogP contribution in [0.5, 0.6) is 0 Å². The molecule has 0 spiro atoms. The summed E-state index contributed by atoms with van der Waals surface area (Å²) in [4.78, 5) is 14.2. The van der Waals surface area contributed by atoms with Crippen LogP contribution in [-0.2, 0) is 21.2 Å². The fourth-order valence-corrected chi connectivity index (χ4v) is 4.34. The summed E-state index contributed by atoms with van der Waals surface area (Å²) in [5.74, 6) is 0.361. The quantitative estimate of drug-likeness (QED) is 0.854. The number of carbonyl (C=O) groups is 1. The van der Waals surface area contributed by atoms with E-state index in [1.54, 1.807) is 0 Å². The second-order valence-electron chi connectivity index (χ2n) is 6.08. The first kappa shape index (κ1) is 17.0. The lowest BCUT2D eigenvalue weighted by Gasteiger charge is -2.27. The lowest BCUT2D eigenvalue weighted by molar-refractivity contribution is -0.132. The van der Waals surface area contributed by atoms with Crippen LogP contribution in [0.3, 0.4) is 0 Å². The molecule has 1 fully saturated rings. The van der Waals surface area contributed by atoms with E-state index in [0.29, 0.717) is 13.0 Å². The number of rotatable bonds is 6. The monoisotopic (exact) mass is 324 g/mol. The summed E-state index contributed by atoms with van der Waals surface area (Å²) in [6, 6.07) is 9.87. The maximum absolute atomic E-state index is 12.4. The van der Waals surface area contributed by atoms with E-state index in [9.17, 15) is 13.2 Å². The van der Waals surface area contributed by atoms with Gasteiger partial charge in [-0.15, -0.1) is 0 Å². The first-order chi connectivity index (χ1) is 10.4.